The predicted octanol–water partition coefficient (Wildman–Crippen LogP) is 2.76. The zero-order valence-corrected chi connectivity index (χ0v) is 13.8. The largest absolute Gasteiger partial charge is 0.486 e. The number of likely N-dealkylation sites (tertiary alicyclic amines) is 1. The summed E-state index contributed by atoms with van der Waals surface area (Å²) in [4.78, 5) is 1.69. The van der Waals surface area contributed by atoms with Gasteiger partial charge < -0.3 is 9.64 Å². The van der Waals surface area contributed by atoms with Crippen molar-refractivity contribution in [3.05, 3.63) is 27.7 Å². The Morgan fingerprint density at radius 3 is 2.84 bits per heavy atom. The Labute approximate surface area is 125 Å². The molecule has 0 aromatic heterocycles. The van der Waals surface area contributed by atoms with Crippen LogP contribution < -0.4 is 9.64 Å². The van der Waals surface area contributed by atoms with E-state index in [1.807, 2.05) is 0 Å². The number of rotatable bonds is 4. The Bertz CT molecular complexity index is 410. The Kier molecular flexibility index (Phi) is 5.28. The molecule has 1 aliphatic rings. The van der Waals surface area contributed by atoms with Gasteiger partial charge in [-0.2, -0.15) is 0 Å². The maximum atomic E-state index is 5.99. The van der Waals surface area contributed by atoms with Gasteiger partial charge in [-0.05, 0) is 59.8 Å². The van der Waals surface area contributed by atoms with E-state index in [9.17, 15) is 0 Å². The fourth-order valence-corrected chi connectivity index (χ4v) is 3.80. The standard InChI is InChI=1S/C16H24BrNO/c1-12-5-4-6-18(11-12)7-8-19-16-14(3)9-13(2)10-15(16)17/h9-10,12H,4-8,11H2,1-3H3/p+1/t12-/m0/s1. The number of quaternary nitrogens is 1. The number of ether oxygens (including phenoxy) is 1. The lowest BCUT2D eigenvalue weighted by atomic mass is 10.0. The van der Waals surface area contributed by atoms with Crippen LogP contribution in [-0.4, -0.2) is 26.2 Å². The van der Waals surface area contributed by atoms with E-state index >= 15 is 0 Å². The fraction of sp³-hybridized carbons (Fsp3) is 0.625. The summed E-state index contributed by atoms with van der Waals surface area (Å²) in [6.45, 7) is 11.1. The van der Waals surface area contributed by atoms with E-state index in [1.165, 1.54) is 37.1 Å². The molecule has 0 saturated carbocycles. The SMILES string of the molecule is Cc1cc(C)c(OCC[NH+]2CCC[C@H](C)C2)c(Br)c1. The van der Waals surface area contributed by atoms with Gasteiger partial charge in [-0.25, -0.2) is 0 Å². The van der Waals surface area contributed by atoms with E-state index in [0.717, 1.165) is 29.3 Å². The lowest BCUT2D eigenvalue weighted by molar-refractivity contribution is -0.908. The third kappa shape index (κ3) is 4.22. The molecule has 1 heterocycles. The normalized spacial score (nSPS) is 23.4. The van der Waals surface area contributed by atoms with E-state index in [2.05, 4.69) is 48.8 Å². The molecule has 2 atom stereocenters. The van der Waals surface area contributed by atoms with Crippen molar-refractivity contribution in [2.45, 2.75) is 33.6 Å². The number of hydrogen-bond acceptors (Lipinski definition) is 1. The average Bonchev–Trinajstić information content (AvgIpc) is 2.32. The second-order valence-electron chi connectivity index (χ2n) is 5.94. The van der Waals surface area contributed by atoms with Crippen LogP contribution in [0.4, 0.5) is 0 Å². The lowest BCUT2D eigenvalue weighted by Gasteiger charge is -2.27. The highest BCUT2D eigenvalue weighted by Gasteiger charge is 2.19. The van der Waals surface area contributed by atoms with Gasteiger partial charge in [0.2, 0.25) is 0 Å². The predicted molar refractivity (Wildman–Crippen MR) is 83.1 cm³/mol. The van der Waals surface area contributed by atoms with Crippen LogP contribution in [0.15, 0.2) is 16.6 Å². The summed E-state index contributed by atoms with van der Waals surface area (Å²) < 4.78 is 7.07. The van der Waals surface area contributed by atoms with Crippen molar-refractivity contribution >= 4 is 15.9 Å². The molecule has 106 valence electrons. The molecule has 1 aliphatic heterocycles. The van der Waals surface area contributed by atoms with Gasteiger partial charge >= 0.3 is 0 Å². The minimum Gasteiger partial charge on any atom is -0.486 e. The summed E-state index contributed by atoms with van der Waals surface area (Å²) in [5, 5.41) is 0. The molecule has 19 heavy (non-hydrogen) atoms. The summed E-state index contributed by atoms with van der Waals surface area (Å²) in [5.74, 6) is 1.88. The number of hydrogen-bond donors (Lipinski definition) is 1. The third-order valence-electron chi connectivity index (χ3n) is 3.94. The second-order valence-corrected chi connectivity index (χ2v) is 6.80. The average molecular weight is 327 g/mol. The molecule has 2 rings (SSSR count). The molecule has 0 amide bonds. The van der Waals surface area contributed by atoms with Gasteiger partial charge in [0, 0.05) is 5.92 Å². The summed E-state index contributed by atoms with van der Waals surface area (Å²) in [6, 6.07) is 4.30. The molecule has 1 N–H and O–H groups in total. The second kappa shape index (κ2) is 6.76. The van der Waals surface area contributed by atoms with Crippen molar-refractivity contribution in [2.75, 3.05) is 26.2 Å². The summed E-state index contributed by atoms with van der Waals surface area (Å²) in [7, 11) is 0. The molecular weight excluding hydrogens is 302 g/mol. The Morgan fingerprint density at radius 2 is 2.16 bits per heavy atom. The Balaban J connectivity index is 1.85. The van der Waals surface area contributed by atoms with Crippen molar-refractivity contribution in [3.8, 4) is 5.75 Å². The van der Waals surface area contributed by atoms with Crippen LogP contribution in [0.1, 0.15) is 30.9 Å². The van der Waals surface area contributed by atoms with Crippen LogP contribution in [0.3, 0.4) is 0 Å². The van der Waals surface area contributed by atoms with E-state index in [-0.39, 0.29) is 0 Å². The summed E-state index contributed by atoms with van der Waals surface area (Å²) >= 11 is 3.60. The van der Waals surface area contributed by atoms with Crippen molar-refractivity contribution in [2.24, 2.45) is 5.92 Å². The Morgan fingerprint density at radius 1 is 1.37 bits per heavy atom. The first-order chi connectivity index (χ1) is 9.06. The summed E-state index contributed by atoms with van der Waals surface area (Å²) in [5.41, 5.74) is 2.49. The number of benzene rings is 1. The number of halogens is 1. The molecule has 0 radical (unpaired) electrons. The fourth-order valence-electron chi connectivity index (χ4n) is 3.01. The van der Waals surface area contributed by atoms with E-state index < -0.39 is 0 Å². The van der Waals surface area contributed by atoms with Crippen LogP contribution in [0.25, 0.3) is 0 Å². The minimum atomic E-state index is 0.810. The van der Waals surface area contributed by atoms with Gasteiger partial charge in [-0.1, -0.05) is 13.0 Å². The minimum absolute atomic E-state index is 0.810. The molecule has 1 saturated heterocycles. The Hall–Kier alpha value is -0.540. The van der Waals surface area contributed by atoms with Crippen LogP contribution in [0, 0.1) is 19.8 Å². The van der Waals surface area contributed by atoms with Gasteiger partial charge in [0.05, 0.1) is 17.6 Å². The lowest BCUT2D eigenvalue weighted by Crippen LogP contribution is -3.14. The first-order valence-electron chi connectivity index (χ1n) is 7.29. The van der Waals surface area contributed by atoms with Crippen molar-refractivity contribution in [1.29, 1.82) is 0 Å². The van der Waals surface area contributed by atoms with Gasteiger partial charge in [-0.15, -0.1) is 0 Å². The van der Waals surface area contributed by atoms with Gasteiger partial charge in [0.1, 0.15) is 18.9 Å². The smallest absolute Gasteiger partial charge is 0.137 e. The molecule has 0 bridgehead atoms. The van der Waals surface area contributed by atoms with Gasteiger partial charge in [0.25, 0.3) is 0 Å². The van der Waals surface area contributed by atoms with Gasteiger partial charge in [0.15, 0.2) is 0 Å². The molecule has 1 aromatic carbocycles. The zero-order chi connectivity index (χ0) is 13.8. The number of aryl methyl sites for hydroxylation is 2. The molecule has 3 heteroatoms. The molecule has 0 aliphatic carbocycles. The highest BCUT2D eigenvalue weighted by atomic mass is 79.9. The molecule has 0 spiro atoms. The van der Waals surface area contributed by atoms with Gasteiger partial charge in [-0.3, -0.25) is 0 Å². The third-order valence-corrected chi connectivity index (χ3v) is 4.53. The van der Waals surface area contributed by atoms with Crippen molar-refractivity contribution < 1.29 is 9.64 Å². The van der Waals surface area contributed by atoms with Crippen LogP contribution >= 0.6 is 15.9 Å². The first-order valence-corrected chi connectivity index (χ1v) is 8.08. The van der Waals surface area contributed by atoms with E-state index in [0.29, 0.717) is 0 Å². The maximum absolute atomic E-state index is 5.99. The summed E-state index contributed by atoms with van der Waals surface area (Å²) in [6.07, 6.45) is 2.76. The van der Waals surface area contributed by atoms with Crippen molar-refractivity contribution in [3.63, 3.8) is 0 Å². The maximum Gasteiger partial charge on any atom is 0.137 e. The molecular formula is C16H25BrNO+. The topological polar surface area (TPSA) is 13.7 Å². The number of piperidine rings is 1. The van der Waals surface area contributed by atoms with Crippen LogP contribution in [0.5, 0.6) is 5.75 Å². The van der Waals surface area contributed by atoms with Crippen LogP contribution in [-0.2, 0) is 0 Å². The quantitative estimate of drug-likeness (QED) is 0.898. The molecule has 2 nitrogen and oxygen atoms in total. The monoisotopic (exact) mass is 326 g/mol. The van der Waals surface area contributed by atoms with Crippen LogP contribution in [0.2, 0.25) is 0 Å². The van der Waals surface area contributed by atoms with E-state index in [1.54, 1.807) is 4.90 Å². The molecule has 1 aromatic rings. The highest BCUT2D eigenvalue weighted by molar-refractivity contribution is 9.10. The highest BCUT2D eigenvalue weighted by Crippen LogP contribution is 2.29. The molecule has 1 unspecified atom stereocenters. The van der Waals surface area contributed by atoms with Crippen molar-refractivity contribution in [1.82, 2.24) is 0 Å². The first kappa shape index (κ1) is 14.9. The zero-order valence-electron chi connectivity index (χ0n) is 12.3. The molecule has 1 fully saturated rings. The number of nitrogens with one attached hydrogen (secondary N) is 1. The van der Waals surface area contributed by atoms with E-state index in [4.69, 9.17) is 4.74 Å².